The summed E-state index contributed by atoms with van der Waals surface area (Å²) >= 11 is 14.3. The summed E-state index contributed by atoms with van der Waals surface area (Å²) in [7, 11) is 0. The van der Waals surface area contributed by atoms with Gasteiger partial charge in [0.1, 0.15) is 12.4 Å². The molecule has 0 radical (unpaired) electrons. The van der Waals surface area contributed by atoms with Gasteiger partial charge in [-0.15, -0.1) is 5.10 Å². The molecule has 0 spiro atoms. The zero-order chi connectivity index (χ0) is 30.4. The van der Waals surface area contributed by atoms with E-state index in [1.165, 1.54) is 16.4 Å². The number of amides is 1. The van der Waals surface area contributed by atoms with Crippen molar-refractivity contribution in [3.8, 4) is 22.6 Å². The van der Waals surface area contributed by atoms with Crippen molar-refractivity contribution >= 4 is 46.6 Å². The lowest BCUT2D eigenvalue weighted by atomic mass is 9.87. The quantitative estimate of drug-likeness (QED) is 0.200. The average molecular weight is 642 g/mol. The van der Waals surface area contributed by atoms with Crippen LogP contribution in [0, 0.1) is 0 Å². The molecule has 1 N–H and O–H groups in total. The zero-order valence-electron chi connectivity index (χ0n) is 24.3. The molecular formula is C31H34Cl2N6O3S. The number of benzene rings is 3. The molecule has 3 aromatic carbocycles. The minimum absolute atomic E-state index is 0.0409. The monoisotopic (exact) mass is 640 g/mol. The Bertz CT molecular complexity index is 1550. The van der Waals surface area contributed by atoms with Gasteiger partial charge < -0.3 is 14.8 Å². The maximum Gasteiger partial charge on any atom is 0.234 e. The van der Waals surface area contributed by atoms with E-state index in [-0.39, 0.29) is 17.1 Å². The smallest absolute Gasteiger partial charge is 0.234 e. The molecule has 1 aromatic heterocycles. The first-order valence-electron chi connectivity index (χ1n) is 14.0. The Morgan fingerprint density at radius 2 is 1.74 bits per heavy atom. The number of nitrogens with one attached hydrogen (secondary N) is 1. The molecule has 1 saturated heterocycles. The van der Waals surface area contributed by atoms with Gasteiger partial charge in [-0.2, -0.15) is 4.68 Å². The number of halogens is 2. The number of aromatic nitrogens is 4. The van der Waals surface area contributed by atoms with E-state index in [1.54, 1.807) is 6.07 Å². The van der Waals surface area contributed by atoms with Crippen molar-refractivity contribution in [1.82, 2.24) is 25.1 Å². The highest BCUT2D eigenvalue weighted by molar-refractivity contribution is 7.99. The average Bonchev–Trinajstić information content (AvgIpc) is 3.46. The molecule has 0 atom stereocenters. The summed E-state index contributed by atoms with van der Waals surface area (Å²) in [5, 5.41) is 16.2. The van der Waals surface area contributed by atoms with Crippen LogP contribution in [0.5, 0.6) is 5.75 Å². The van der Waals surface area contributed by atoms with Crippen LogP contribution < -0.4 is 10.1 Å². The van der Waals surface area contributed by atoms with Crippen LogP contribution in [-0.2, 0) is 14.9 Å². The molecule has 0 unspecified atom stereocenters. The molecule has 0 saturated carbocycles. The molecule has 1 aliphatic heterocycles. The van der Waals surface area contributed by atoms with Gasteiger partial charge in [-0.05, 0) is 68.9 Å². The Morgan fingerprint density at radius 3 is 2.44 bits per heavy atom. The van der Waals surface area contributed by atoms with Crippen molar-refractivity contribution in [3.63, 3.8) is 0 Å². The van der Waals surface area contributed by atoms with E-state index in [0.29, 0.717) is 33.2 Å². The summed E-state index contributed by atoms with van der Waals surface area (Å²) in [5.74, 6) is 0.671. The molecule has 0 aliphatic carbocycles. The predicted molar refractivity (Wildman–Crippen MR) is 172 cm³/mol. The Labute approximate surface area is 265 Å². The van der Waals surface area contributed by atoms with E-state index in [9.17, 15) is 4.79 Å². The number of thioether (sulfide) groups is 1. The SMILES string of the molecule is CC(C)(C)c1ccc(-n2nnnc2SCC(=O)Nc2ccc(-c3ccc(OCCN4CCOCC4)cc3)cc2Cl)c(Cl)c1. The maximum atomic E-state index is 12.8. The number of hydrogen-bond acceptors (Lipinski definition) is 8. The van der Waals surface area contributed by atoms with E-state index in [1.807, 2.05) is 54.6 Å². The molecule has 1 fully saturated rings. The van der Waals surface area contributed by atoms with E-state index in [4.69, 9.17) is 32.7 Å². The van der Waals surface area contributed by atoms with E-state index >= 15 is 0 Å². The Hall–Kier alpha value is -3.15. The Morgan fingerprint density at radius 1 is 1.00 bits per heavy atom. The van der Waals surface area contributed by atoms with Crippen molar-refractivity contribution in [2.45, 2.75) is 31.3 Å². The molecule has 9 nitrogen and oxygen atoms in total. The van der Waals surface area contributed by atoms with Crippen molar-refractivity contribution in [2.75, 3.05) is 50.5 Å². The summed E-state index contributed by atoms with van der Waals surface area (Å²) in [6.45, 7) is 11.3. The molecule has 4 aromatic rings. The predicted octanol–water partition coefficient (Wildman–Crippen LogP) is 6.38. The zero-order valence-corrected chi connectivity index (χ0v) is 26.7. The molecule has 0 bridgehead atoms. The normalized spacial score (nSPS) is 14.1. The van der Waals surface area contributed by atoms with E-state index < -0.39 is 0 Å². The van der Waals surface area contributed by atoms with Crippen molar-refractivity contribution in [3.05, 3.63) is 76.3 Å². The van der Waals surface area contributed by atoms with Crippen LogP contribution >= 0.6 is 35.0 Å². The number of morpholine rings is 1. The number of tetrazole rings is 1. The van der Waals surface area contributed by atoms with Gasteiger partial charge in [-0.3, -0.25) is 9.69 Å². The summed E-state index contributed by atoms with van der Waals surface area (Å²) < 4.78 is 12.8. The summed E-state index contributed by atoms with van der Waals surface area (Å²) in [6.07, 6.45) is 0. The summed E-state index contributed by atoms with van der Waals surface area (Å²) in [5.41, 5.74) is 4.17. The maximum absolute atomic E-state index is 12.8. The highest BCUT2D eigenvalue weighted by atomic mass is 35.5. The van der Waals surface area contributed by atoms with Crippen LogP contribution in [0.15, 0.2) is 65.8 Å². The van der Waals surface area contributed by atoms with Gasteiger partial charge in [0, 0.05) is 19.6 Å². The molecule has 1 aliphatic rings. The lowest BCUT2D eigenvalue weighted by Gasteiger charge is -2.26. The second-order valence-electron chi connectivity index (χ2n) is 11.1. The fourth-order valence-corrected chi connectivity index (χ4v) is 5.71. The van der Waals surface area contributed by atoms with E-state index in [0.717, 1.165) is 55.3 Å². The van der Waals surface area contributed by atoms with Crippen LogP contribution in [0.2, 0.25) is 10.0 Å². The van der Waals surface area contributed by atoms with Crippen LogP contribution in [0.1, 0.15) is 26.3 Å². The van der Waals surface area contributed by atoms with Gasteiger partial charge >= 0.3 is 0 Å². The lowest BCUT2D eigenvalue weighted by Crippen LogP contribution is -2.38. The first kappa shape index (κ1) is 31.3. The van der Waals surface area contributed by atoms with Crippen molar-refractivity contribution in [2.24, 2.45) is 0 Å². The van der Waals surface area contributed by atoms with Crippen LogP contribution in [-0.4, -0.2) is 76.2 Å². The molecule has 43 heavy (non-hydrogen) atoms. The topological polar surface area (TPSA) is 94.4 Å². The molecule has 226 valence electrons. The van der Waals surface area contributed by atoms with Gasteiger partial charge in [0.05, 0.1) is 40.4 Å². The second kappa shape index (κ2) is 14.1. The molecule has 12 heteroatoms. The van der Waals surface area contributed by atoms with Gasteiger partial charge in [0.15, 0.2) is 0 Å². The van der Waals surface area contributed by atoms with Gasteiger partial charge in [-0.25, -0.2) is 0 Å². The number of hydrogen-bond donors (Lipinski definition) is 1. The van der Waals surface area contributed by atoms with Crippen LogP contribution in [0.3, 0.4) is 0 Å². The van der Waals surface area contributed by atoms with Crippen molar-refractivity contribution in [1.29, 1.82) is 0 Å². The fourth-order valence-electron chi connectivity index (χ4n) is 4.54. The molecule has 5 rings (SSSR count). The first-order chi connectivity index (χ1) is 20.7. The number of rotatable bonds is 10. The third kappa shape index (κ3) is 8.27. The standard InChI is InChI=1S/C31H34Cl2N6O3S/c1-31(2,3)23-7-11-28(26(33)19-23)39-30(35-36-37-39)43-20-29(40)34-27-10-6-22(18-25(27)32)21-4-8-24(9-5-21)42-17-14-38-12-15-41-16-13-38/h4-11,18-19H,12-17,20H2,1-3H3,(H,34,40). The molecule has 2 heterocycles. The minimum Gasteiger partial charge on any atom is -0.492 e. The van der Waals surface area contributed by atoms with Crippen LogP contribution in [0.25, 0.3) is 16.8 Å². The largest absolute Gasteiger partial charge is 0.492 e. The highest BCUT2D eigenvalue weighted by Crippen LogP contribution is 2.32. The Kier molecular flexibility index (Phi) is 10.2. The third-order valence-corrected chi connectivity index (χ3v) is 8.56. The van der Waals surface area contributed by atoms with Crippen LogP contribution in [0.4, 0.5) is 5.69 Å². The first-order valence-corrected chi connectivity index (χ1v) is 15.8. The number of carbonyl (C=O) groups is 1. The second-order valence-corrected chi connectivity index (χ2v) is 12.9. The minimum atomic E-state index is -0.234. The number of nitrogens with zero attached hydrogens (tertiary/aromatic N) is 5. The van der Waals surface area contributed by atoms with Crippen molar-refractivity contribution < 1.29 is 14.3 Å². The van der Waals surface area contributed by atoms with Gasteiger partial charge in [0.25, 0.3) is 0 Å². The Balaban J connectivity index is 1.14. The molecule has 1 amide bonds. The molecular weight excluding hydrogens is 607 g/mol. The summed E-state index contributed by atoms with van der Waals surface area (Å²) in [4.78, 5) is 15.1. The van der Waals surface area contributed by atoms with Gasteiger partial charge in [-0.1, -0.05) is 80.0 Å². The third-order valence-electron chi connectivity index (χ3n) is 7.03. The van der Waals surface area contributed by atoms with E-state index in [2.05, 4.69) is 46.5 Å². The fraction of sp³-hybridized carbons (Fsp3) is 0.355. The summed E-state index contributed by atoms with van der Waals surface area (Å²) in [6, 6.07) is 19.3. The number of ether oxygens (including phenoxy) is 2. The number of carbonyl (C=O) groups excluding carboxylic acids is 1. The highest BCUT2D eigenvalue weighted by Gasteiger charge is 2.19. The number of anilines is 1. The lowest BCUT2D eigenvalue weighted by molar-refractivity contribution is -0.113. The van der Waals surface area contributed by atoms with Gasteiger partial charge in [0.2, 0.25) is 11.1 Å².